The van der Waals surface area contributed by atoms with Crippen molar-refractivity contribution in [1.82, 2.24) is 4.31 Å². The van der Waals surface area contributed by atoms with Gasteiger partial charge in [0.25, 0.3) is 10.0 Å². The molecule has 0 amide bonds. The predicted octanol–water partition coefficient (Wildman–Crippen LogP) is 3.16. The molecule has 29 heavy (non-hydrogen) atoms. The Bertz CT molecular complexity index is 1000. The van der Waals surface area contributed by atoms with Crippen LogP contribution in [0.1, 0.15) is 11.1 Å². The zero-order valence-electron chi connectivity index (χ0n) is 15.4. The van der Waals surface area contributed by atoms with E-state index in [2.05, 4.69) is 0 Å². The molecule has 156 valence electrons. The monoisotopic (exact) mass is 445 g/mol. The van der Waals surface area contributed by atoms with Gasteiger partial charge in [0.2, 0.25) is 0 Å². The Labute approximate surface area is 170 Å². The van der Waals surface area contributed by atoms with Crippen LogP contribution < -0.4 is 4.90 Å². The third kappa shape index (κ3) is 4.40. The molecule has 1 aromatic heterocycles. The smallest absolute Gasteiger partial charge is 0.383 e. The lowest BCUT2D eigenvalue weighted by Crippen LogP contribution is -2.56. The molecule has 1 atom stereocenters. The summed E-state index contributed by atoms with van der Waals surface area (Å²) >= 11 is 1.11. The molecule has 0 radical (unpaired) electrons. The second kappa shape index (κ2) is 8.31. The number of halogens is 3. The standard InChI is InChI=1S/C18H18F3N3O3S2/c1-27-12-15-11-23(29(25,26)17-3-2-8-28-17)6-7-24(15)14-5-4-13(10-22)16(9-14)18(19,20)21/h2-5,8-9,15H,6-7,11-12H2,1H3. The topological polar surface area (TPSA) is 73.6 Å². The largest absolute Gasteiger partial charge is 0.417 e. The molecule has 6 nitrogen and oxygen atoms in total. The first-order chi connectivity index (χ1) is 13.7. The van der Waals surface area contributed by atoms with Gasteiger partial charge in [-0.05, 0) is 29.6 Å². The van der Waals surface area contributed by atoms with Crippen molar-refractivity contribution in [3.8, 4) is 6.07 Å². The Morgan fingerprint density at radius 3 is 2.66 bits per heavy atom. The van der Waals surface area contributed by atoms with Gasteiger partial charge in [0.15, 0.2) is 0 Å². The SMILES string of the molecule is COCC1CN(S(=O)(=O)c2cccs2)CCN1c1ccc(C#N)c(C(F)(F)F)c1. The third-order valence-corrected chi connectivity index (χ3v) is 7.89. The number of methoxy groups -OCH3 is 1. The van der Waals surface area contributed by atoms with E-state index in [-0.39, 0.29) is 36.1 Å². The Kier molecular flexibility index (Phi) is 6.19. The summed E-state index contributed by atoms with van der Waals surface area (Å²) in [6.45, 7) is 0.539. The molecule has 1 aliphatic heterocycles. The lowest BCUT2D eigenvalue weighted by atomic mass is 10.0. The van der Waals surface area contributed by atoms with Gasteiger partial charge in [0.05, 0.1) is 29.8 Å². The summed E-state index contributed by atoms with van der Waals surface area (Å²) in [6.07, 6.45) is -4.66. The third-order valence-electron chi connectivity index (χ3n) is 4.65. The lowest BCUT2D eigenvalue weighted by molar-refractivity contribution is -0.137. The van der Waals surface area contributed by atoms with Crippen molar-refractivity contribution in [2.75, 3.05) is 38.3 Å². The minimum Gasteiger partial charge on any atom is -0.383 e. The van der Waals surface area contributed by atoms with Gasteiger partial charge in [0, 0.05) is 32.4 Å². The van der Waals surface area contributed by atoms with Gasteiger partial charge in [-0.1, -0.05) is 6.07 Å². The Morgan fingerprint density at radius 1 is 1.31 bits per heavy atom. The quantitative estimate of drug-likeness (QED) is 0.707. The van der Waals surface area contributed by atoms with E-state index in [9.17, 15) is 21.6 Å². The second-order valence-electron chi connectivity index (χ2n) is 6.44. The minimum atomic E-state index is -4.66. The summed E-state index contributed by atoms with van der Waals surface area (Å²) in [5.41, 5.74) is -1.20. The molecule has 0 N–H and O–H groups in total. The summed E-state index contributed by atoms with van der Waals surface area (Å²) in [6, 6.07) is 7.77. The molecule has 1 unspecified atom stereocenters. The Morgan fingerprint density at radius 2 is 2.07 bits per heavy atom. The summed E-state index contributed by atoms with van der Waals surface area (Å²) in [4.78, 5) is 1.69. The fourth-order valence-electron chi connectivity index (χ4n) is 3.30. The predicted molar refractivity (Wildman–Crippen MR) is 102 cm³/mol. The van der Waals surface area contributed by atoms with Gasteiger partial charge in [-0.25, -0.2) is 8.42 Å². The molecule has 0 aliphatic carbocycles. The van der Waals surface area contributed by atoms with Gasteiger partial charge in [-0.15, -0.1) is 11.3 Å². The number of piperazine rings is 1. The van der Waals surface area contributed by atoms with E-state index in [1.165, 1.54) is 23.5 Å². The van der Waals surface area contributed by atoms with Crippen molar-refractivity contribution in [1.29, 1.82) is 5.26 Å². The van der Waals surface area contributed by atoms with E-state index >= 15 is 0 Å². The van der Waals surface area contributed by atoms with Crippen LogP contribution in [0.4, 0.5) is 18.9 Å². The Balaban J connectivity index is 1.91. The van der Waals surface area contributed by atoms with Crippen LogP contribution in [0, 0.1) is 11.3 Å². The maximum absolute atomic E-state index is 13.3. The first-order valence-electron chi connectivity index (χ1n) is 8.59. The number of hydrogen-bond acceptors (Lipinski definition) is 6. The van der Waals surface area contributed by atoms with Crippen LogP contribution in [-0.2, 0) is 20.9 Å². The highest BCUT2D eigenvalue weighted by molar-refractivity contribution is 7.91. The molecule has 11 heteroatoms. The van der Waals surface area contributed by atoms with Crippen LogP contribution in [0.15, 0.2) is 39.9 Å². The van der Waals surface area contributed by atoms with Gasteiger partial charge >= 0.3 is 6.18 Å². The highest BCUT2D eigenvalue weighted by Crippen LogP contribution is 2.35. The molecule has 0 spiro atoms. The second-order valence-corrected chi connectivity index (χ2v) is 9.55. The number of sulfonamides is 1. The molecule has 0 saturated carbocycles. The zero-order valence-corrected chi connectivity index (χ0v) is 17.0. The number of ether oxygens (including phenoxy) is 1. The van der Waals surface area contributed by atoms with Crippen molar-refractivity contribution in [2.24, 2.45) is 0 Å². The number of anilines is 1. The summed E-state index contributed by atoms with van der Waals surface area (Å²) in [5.74, 6) is 0. The van der Waals surface area contributed by atoms with E-state index in [1.807, 2.05) is 0 Å². The van der Waals surface area contributed by atoms with Crippen molar-refractivity contribution in [3.63, 3.8) is 0 Å². The van der Waals surface area contributed by atoms with Crippen LogP contribution >= 0.6 is 11.3 Å². The van der Waals surface area contributed by atoms with E-state index in [4.69, 9.17) is 10.00 Å². The van der Waals surface area contributed by atoms with Crippen molar-refractivity contribution < 1.29 is 26.3 Å². The average molecular weight is 445 g/mol. The Hall–Kier alpha value is -2.13. The average Bonchev–Trinajstić information content (AvgIpc) is 3.23. The van der Waals surface area contributed by atoms with Crippen LogP contribution in [0.25, 0.3) is 0 Å². The first kappa shape index (κ1) is 21.6. The van der Waals surface area contributed by atoms with Crippen molar-refractivity contribution >= 4 is 27.0 Å². The number of nitriles is 1. The van der Waals surface area contributed by atoms with Crippen LogP contribution in [0.2, 0.25) is 0 Å². The van der Waals surface area contributed by atoms with Gasteiger partial charge < -0.3 is 9.64 Å². The summed E-state index contributed by atoms with van der Waals surface area (Å²) < 4.78 is 72.3. The number of rotatable bonds is 5. The summed E-state index contributed by atoms with van der Waals surface area (Å²) in [7, 11) is -2.22. The maximum Gasteiger partial charge on any atom is 0.417 e. The highest BCUT2D eigenvalue weighted by Gasteiger charge is 2.37. The zero-order chi connectivity index (χ0) is 21.2. The molecule has 1 aromatic carbocycles. The van der Waals surface area contributed by atoms with Gasteiger partial charge in [-0.2, -0.15) is 22.7 Å². The molecular formula is C18H18F3N3O3S2. The van der Waals surface area contributed by atoms with E-state index < -0.39 is 33.4 Å². The lowest BCUT2D eigenvalue weighted by Gasteiger charge is -2.42. The first-order valence-corrected chi connectivity index (χ1v) is 10.9. The molecule has 1 saturated heterocycles. The van der Waals surface area contributed by atoms with Crippen molar-refractivity contribution in [3.05, 3.63) is 46.8 Å². The normalized spacial score (nSPS) is 18.6. The molecule has 1 fully saturated rings. The molecule has 2 heterocycles. The number of alkyl halides is 3. The highest BCUT2D eigenvalue weighted by atomic mass is 32.2. The van der Waals surface area contributed by atoms with Crippen LogP contribution in [-0.4, -0.2) is 52.1 Å². The number of nitrogens with zero attached hydrogens (tertiary/aromatic N) is 3. The molecule has 1 aliphatic rings. The van der Waals surface area contributed by atoms with Crippen LogP contribution in [0.5, 0.6) is 0 Å². The summed E-state index contributed by atoms with van der Waals surface area (Å²) in [5, 5.41) is 10.6. The molecule has 3 rings (SSSR count). The molecule has 0 bridgehead atoms. The number of hydrogen-bond donors (Lipinski definition) is 0. The number of benzene rings is 1. The van der Waals surface area contributed by atoms with E-state index in [0.717, 1.165) is 23.5 Å². The van der Waals surface area contributed by atoms with Gasteiger partial charge in [0.1, 0.15) is 4.21 Å². The van der Waals surface area contributed by atoms with Crippen LogP contribution in [0.3, 0.4) is 0 Å². The van der Waals surface area contributed by atoms with E-state index in [1.54, 1.807) is 22.4 Å². The molecular weight excluding hydrogens is 427 g/mol. The fraction of sp³-hybridized carbons (Fsp3) is 0.389. The molecule has 2 aromatic rings. The minimum absolute atomic E-state index is 0.0788. The van der Waals surface area contributed by atoms with Crippen molar-refractivity contribution in [2.45, 2.75) is 16.4 Å². The maximum atomic E-state index is 13.3. The van der Waals surface area contributed by atoms with Gasteiger partial charge in [-0.3, -0.25) is 0 Å². The van der Waals surface area contributed by atoms with E-state index in [0.29, 0.717) is 0 Å². The number of thiophene rings is 1. The fourth-order valence-corrected chi connectivity index (χ4v) is 5.91.